The van der Waals surface area contributed by atoms with Gasteiger partial charge in [0.1, 0.15) is 0 Å². The first-order valence-electron chi connectivity index (χ1n) is 9.96. The van der Waals surface area contributed by atoms with Gasteiger partial charge in [-0.2, -0.15) is 26.3 Å². The number of benzene rings is 1. The van der Waals surface area contributed by atoms with Gasteiger partial charge in [0.05, 0.1) is 28.2 Å². The lowest BCUT2D eigenvalue weighted by Gasteiger charge is -2.34. The van der Waals surface area contributed by atoms with Gasteiger partial charge in [-0.05, 0) is 58.1 Å². The lowest BCUT2D eigenvalue weighted by molar-refractivity contribution is -0.184. The third-order valence-electron chi connectivity index (χ3n) is 6.28. The summed E-state index contributed by atoms with van der Waals surface area (Å²) < 4.78 is 91.8. The smallest absolute Gasteiger partial charge is 0.399 e. The van der Waals surface area contributed by atoms with E-state index in [2.05, 4.69) is 0 Å². The van der Waals surface area contributed by atoms with Gasteiger partial charge in [0, 0.05) is 13.1 Å². The largest absolute Gasteiger partial charge is 0.494 e. The molecule has 1 unspecified atom stereocenters. The molecule has 2 saturated heterocycles. The number of carbonyl (C=O) groups is 1. The molecule has 2 aliphatic heterocycles. The van der Waals surface area contributed by atoms with Crippen molar-refractivity contribution in [2.75, 3.05) is 13.1 Å². The zero-order chi connectivity index (χ0) is 23.4. The van der Waals surface area contributed by atoms with Gasteiger partial charge in [0.15, 0.2) is 0 Å². The molecule has 1 amide bonds. The van der Waals surface area contributed by atoms with Crippen LogP contribution in [0.1, 0.15) is 56.5 Å². The molecule has 4 nitrogen and oxygen atoms in total. The molecule has 2 aliphatic rings. The highest BCUT2D eigenvalue weighted by Crippen LogP contribution is 2.38. The van der Waals surface area contributed by atoms with Gasteiger partial charge in [-0.1, -0.05) is 6.07 Å². The van der Waals surface area contributed by atoms with Crippen LogP contribution in [0.5, 0.6) is 0 Å². The van der Waals surface area contributed by atoms with E-state index in [-0.39, 0.29) is 24.8 Å². The highest BCUT2D eigenvalue weighted by molar-refractivity contribution is 6.62. The summed E-state index contributed by atoms with van der Waals surface area (Å²) in [7, 11) is -1.01. The van der Waals surface area contributed by atoms with Crippen LogP contribution in [0.4, 0.5) is 26.3 Å². The van der Waals surface area contributed by atoms with Crippen LogP contribution in [0.25, 0.3) is 0 Å². The van der Waals surface area contributed by atoms with E-state index in [0.717, 1.165) is 23.1 Å². The van der Waals surface area contributed by atoms with E-state index in [0.29, 0.717) is 0 Å². The number of alkyl halides is 6. The number of likely N-dealkylation sites (tertiary alicyclic amines) is 1. The van der Waals surface area contributed by atoms with Gasteiger partial charge in [-0.3, -0.25) is 4.79 Å². The summed E-state index contributed by atoms with van der Waals surface area (Å²) in [5.41, 5.74) is -3.22. The predicted molar refractivity (Wildman–Crippen MR) is 102 cm³/mol. The van der Waals surface area contributed by atoms with E-state index < -0.39 is 60.2 Å². The van der Waals surface area contributed by atoms with Gasteiger partial charge in [0.25, 0.3) is 5.91 Å². The van der Waals surface area contributed by atoms with Gasteiger partial charge >= 0.3 is 19.5 Å². The maximum absolute atomic E-state index is 13.6. The molecule has 1 aromatic rings. The van der Waals surface area contributed by atoms with Crippen LogP contribution >= 0.6 is 0 Å². The highest BCUT2D eigenvalue weighted by atomic mass is 19.4. The van der Waals surface area contributed by atoms with Gasteiger partial charge in [0.2, 0.25) is 0 Å². The van der Waals surface area contributed by atoms with Crippen molar-refractivity contribution in [2.45, 2.75) is 64.1 Å². The lowest BCUT2D eigenvalue weighted by Crippen LogP contribution is -2.45. The molecule has 31 heavy (non-hydrogen) atoms. The first kappa shape index (κ1) is 23.9. The summed E-state index contributed by atoms with van der Waals surface area (Å²) in [5.74, 6) is -2.84. The zero-order valence-electron chi connectivity index (χ0n) is 17.7. The Hall–Kier alpha value is -1.75. The van der Waals surface area contributed by atoms with Crippen molar-refractivity contribution in [1.82, 2.24) is 4.90 Å². The molecule has 0 bridgehead atoms. The predicted octanol–water partition coefficient (Wildman–Crippen LogP) is 4.42. The molecular formula is C20H24BF6NO3. The minimum atomic E-state index is -4.85. The van der Waals surface area contributed by atoms with Crippen molar-refractivity contribution in [3.05, 3.63) is 29.3 Å². The number of piperidine rings is 1. The number of hydrogen-bond acceptors (Lipinski definition) is 3. The minimum absolute atomic E-state index is 0.0383. The number of hydrogen-bond donors (Lipinski definition) is 0. The van der Waals surface area contributed by atoms with Crippen molar-refractivity contribution in [2.24, 2.45) is 5.92 Å². The lowest BCUT2D eigenvalue weighted by atomic mass is 9.77. The third kappa shape index (κ3) is 4.72. The summed E-state index contributed by atoms with van der Waals surface area (Å²) >= 11 is 0. The SMILES string of the molecule is CC1(C)OB(c2ccc(C(F)(F)F)c(C(=O)N3CCCC(C(F)(F)F)C3)c2)OC1(C)C. The number of halogens is 6. The normalized spacial score (nSPS) is 23.9. The Morgan fingerprint density at radius 3 is 2.16 bits per heavy atom. The van der Waals surface area contributed by atoms with Crippen LogP contribution in [0.2, 0.25) is 0 Å². The Labute approximate surface area is 177 Å². The Bertz CT molecular complexity index is 836. The molecule has 0 aliphatic carbocycles. The molecular weight excluding hydrogens is 427 g/mol. The Morgan fingerprint density at radius 1 is 1.06 bits per heavy atom. The van der Waals surface area contributed by atoms with Crippen molar-refractivity contribution in [1.29, 1.82) is 0 Å². The summed E-state index contributed by atoms with van der Waals surface area (Å²) in [5, 5.41) is 0. The second-order valence-corrected chi connectivity index (χ2v) is 9.02. The number of nitrogens with zero attached hydrogens (tertiary/aromatic N) is 1. The average molecular weight is 451 g/mol. The van der Waals surface area contributed by atoms with E-state index >= 15 is 0 Å². The fourth-order valence-electron chi connectivity index (χ4n) is 3.71. The minimum Gasteiger partial charge on any atom is -0.399 e. The van der Waals surface area contributed by atoms with Crippen LogP contribution in [-0.2, 0) is 15.5 Å². The van der Waals surface area contributed by atoms with Crippen LogP contribution < -0.4 is 5.46 Å². The molecule has 2 heterocycles. The van der Waals surface area contributed by atoms with Crippen LogP contribution in [0.3, 0.4) is 0 Å². The molecule has 0 spiro atoms. The van der Waals surface area contributed by atoms with E-state index in [4.69, 9.17) is 9.31 Å². The Morgan fingerprint density at radius 2 is 1.65 bits per heavy atom. The topological polar surface area (TPSA) is 38.8 Å². The second kappa shape index (κ2) is 7.69. The molecule has 2 fully saturated rings. The highest BCUT2D eigenvalue weighted by Gasteiger charge is 2.52. The monoisotopic (exact) mass is 451 g/mol. The maximum Gasteiger partial charge on any atom is 0.494 e. The fourth-order valence-corrected chi connectivity index (χ4v) is 3.71. The fraction of sp³-hybridized carbons (Fsp3) is 0.650. The van der Waals surface area contributed by atoms with Crippen molar-refractivity contribution in [3.63, 3.8) is 0 Å². The van der Waals surface area contributed by atoms with Crippen LogP contribution in [0, 0.1) is 5.92 Å². The number of carbonyl (C=O) groups excluding carboxylic acids is 1. The molecule has 11 heteroatoms. The van der Waals surface area contributed by atoms with Gasteiger partial charge < -0.3 is 14.2 Å². The average Bonchev–Trinajstić information content (AvgIpc) is 2.87. The summed E-state index contributed by atoms with van der Waals surface area (Å²) in [6.45, 7) is 6.38. The quantitative estimate of drug-likeness (QED) is 0.494. The first-order valence-corrected chi connectivity index (χ1v) is 9.96. The van der Waals surface area contributed by atoms with Gasteiger partial charge in [-0.15, -0.1) is 0 Å². The molecule has 3 rings (SSSR count). The third-order valence-corrected chi connectivity index (χ3v) is 6.28. The summed E-state index contributed by atoms with van der Waals surface area (Å²) in [4.78, 5) is 13.8. The molecule has 172 valence electrons. The van der Waals surface area contributed by atoms with Crippen molar-refractivity contribution < 1.29 is 40.4 Å². The van der Waals surface area contributed by atoms with Gasteiger partial charge in [-0.25, -0.2) is 0 Å². The standard InChI is InChI=1S/C20H24BF6NO3/c1-17(2)18(3,4)31-21(30-17)13-7-8-15(20(25,26)27)14(10-13)16(29)28-9-5-6-12(11-28)19(22,23)24/h7-8,10,12H,5-6,9,11H2,1-4H3. The molecule has 0 N–H and O–H groups in total. The van der Waals surface area contributed by atoms with Crippen LogP contribution in [0.15, 0.2) is 18.2 Å². The van der Waals surface area contributed by atoms with Crippen molar-refractivity contribution in [3.8, 4) is 0 Å². The summed E-state index contributed by atoms with van der Waals surface area (Å²) in [6, 6.07) is 2.93. The molecule has 1 atom stereocenters. The molecule has 1 aromatic carbocycles. The number of rotatable bonds is 2. The first-order chi connectivity index (χ1) is 14.0. The molecule has 0 saturated carbocycles. The van der Waals surface area contributed by atoms with E-state index in [9.17, 15) is 31.1 Å². The zero-order valence-corrected chi connectivity index (χ0v) is 17.7. The number of amides is 1. The Balaban J connectivity index is 1.96. The maximum atomic E-state index is 13.6. The molecule has 0 radical (unpaired) electrons. The Kier molecular flexibility index (Phi) is 5.93. The van der Waals surface area contributed by atoms with E-state index in [1.54, 1.807) is 27.7 Å². The molecule has 0 aromatic heterocycles. The van der Waals surface area contributed by atoms with E-state index in [1.807, 2.05) is 0 Å². The van der Waals surface area contributed by atoms with E-state index in [1.165, 1.54) is 0 Å². The second-order valence-electron chi connectivity index (χ2n) is 9.02. The summed E-state index contributed by atoms with van der Waals surface area (Å²) in [6.07, 6.45) is -9.46. The van der Waals surface area contributed by atoms with Crippen LogP contribution in [-0.4, -0.2) is 48.4 Å². The van der Waals surface area contributed by atoms with Crippen molar-refractivity contribution >= 4 is 18.5 Å².